The molecule has 5 nitrogen and oxygen atoms in total. The van der Waals surface area contributed by atoms with Crippen molar-refractivity contribution >= 4 is 5.82 Å². The van der Waals surface area contributed by atoms with E-state index < -0.39 is 5.92 Å². The number of aryl methyl sites for hydroxylation is 1. The lowest BCUT2D eigenvalue weighted by Gasteiger charge is -2.18. The first kappa shape index (κ1) is 15.1. The average Bonchev–Trinajstić information content (AvgIpc) is 2.76. The van der Waals surface area contributed by atoms with Crippen LogP contribution in [-0.4, -0.2) is 24.0 Å². The van der Waals surface area contributed by atoms with E-state index in [1.165, 1.54) is 37.1 Å². The summed E-state index contributed by atoms with van der Waals surface area (Å²) in [5.74, 6) is -2.09. The van der Waals surface area contributed by atoms with Gasteiger partial charge in [-0.3, -0.25) is 4.68 Å². The number of alkyl halides is 2. The van der Waals surface area contributed by atoms with Gasteiger partial charge in [-0.05, 0) is 12.1 Å². The predicted octanol–water partition coefficient (Wildman–Crippen LogP) is 2.80. The molecule has 0 radical (unpaired) electrons. The van der Waals surface area contributed by atoms with Crippen LogP contribution in [0.1, 0.15) is 12.5 Å². The van der Waals surface area contributed by atoms with Gasteiger partial charge in [-0.15, -0.1) is 0 Å². The molecular weight excluding hydrogens is 280 g/mol. The molecule has 0 bridgehead atoms. The molecule has 2 N–H and O–H groups in total. The van der Waals surface area contributed by atoms with Crippen LogP contribution in [0.15, 0.2) is 18.2 Å². The molecule has 2 aromatic rings. The monoisotopic (exact) mass is 297 g/mol. The number of hydrogen-bond acceptors (Lipinski definition) is 4. The van der Waals surface area contributed by atoms with Gasteiger partial charge in [-0.2, -0.15) is 5.10 Å². The quantitative estimate of drug-likeness (QED) is 0.942. The number of hydrogen-bond donors (Lipinski definition) is 1. The van der Waals surface area contributed by atoms with E-state index in [4.69, 9.17) is 15.2 Å². The van der Waals surface area contributed by atoms with Crippen LogP contribution in [0, 0.1) is 0 Å². The normalized spacial score (nSPS) is 11.5. The summed E-state index contributed by atoms with van der Waals surface area (Å²) >= 11 is 0. The predicted molar refractivity (Wildman–Crippen MR) is 75.7 cm³/mol. The maximum Gasteiger partial charge on any atom is 0.271 e. The minimum atomic E-state index is -3.05. The second-order valence-corrected chi connectivity index (χ2v) is 4.72. The van der Waals surface area contributed by atoms with E-state index in [0.29, 0.717) is 17.3 Å². The van der Waals surface area contributed by atoms with Gasteiger partial charge in [-0.1, -0.05) is 0 Å². The number of benzene rings is 1. The van der Waals surface area contributed by atoms with Gasteiger partial charge in [0.05, 0.1) is 19.9 Å². The Bertz CT molecular complexity index is 643. The molecule has 0 unspecified atom stereocenters. The Balaban J connectivity index is 2.73. The maximum absolute atomic E-state index is 13.9. The zero-order valence-corrected chi connectivity index (χ0v) is 12.3. The molecular formula is C14H17F2N3O2. The Hall–Kier alpha value is -2.31. The Morgan fingerprint density at radius 3 is 2.14 bits per heavy atom. The Kier molecular flexibility index (Phi) is 3.76. The molecule has 0 fully saturated rings. The minimum Gasteiger partial charge on any atom is -0.493 e. The fourth-order valence-corrected chi connectivity index (χ4v) is 2.07. The molecule has 1 heterocycles. The average molecular weight is 297 g/mol. The van der Waals surface area contributed by atoms with Crippen molar-refractivity contribution in [1.29, 1.82) is 0 Å². The molecule has 0 saturated carbocycles. The highest BCUT2D eigenvalue weighted by molar-refractivity contribution is 5.71. The fraction of sp³-hybridized carbons (Fsp3) is 0.357. The van der Waals surface area contributed by atoms with E-state index in [1.54, 1.807) is 7.05 Å². The van der Waals surface area contributed by atoms with Crippen LogP contribution in [-0.2, 0) is 13.0 Å². The van der Waals surface area contributed by atoms with Gasteiger partial charge in [-0.25, -0.2) is 8.78 Å². The van der Waals surface area contributed by atoms with E-state index in [-0.39, 0.29) is 16.9 Å². The first-order valence-corrected chi connectivity index (χ1v) is 6.22. The molecule has 0 spiro atoms. The number of methoxy groups -OCH3 is 2. The van der Waals surface area contributed by atoms with Gasteiger partial charge >= 0.3 is 0 Å². The van der Waals surface area contributed by atoms with Crippen LogP contribution in [0.25, 0.3) is 11.3 Å². The Morgan fingerprint density at radius 1 is 1.14 bits per heavy atom. The highest BCUT2D eigenvalue weighted by atomic mass is 19.3. The maximum atomic E-state index is 13.9. The molecule has 2 rings (SSSR count). The van der Waals surface area contributed by atoms with Crippen molar-refractivity contribution in [2.24, 2.45) is 7.05 Å². The number of aromatic nitrogens is 2. The molecule has 0 atom stereocenters. The zero-order valence-electron chi connectivity index (χ0n) is 12.3. The Morgan fingerprint density at radius 2 is 1.71 bits per heavy atom. The van der Waals surface area contributed by atoms with Crippen molar-refractivity contribution in [3.63, 3.8) is 0 Å². The van der Waals surface area contributed by atoms with Crippen molar-refractivity contribution in [3.05, 3.63) is 23.8 Å². The van der Waals surface area contributed by atoms with E-state index in [1.807, 2.05) is 0 Å². The summed E-state index contributed by atoms with van der Waals surface area (Å²) in [6.07, 6.45) is 0. The summed E-state index contributed by atoms with van der Waals surface area (Å²) in [5.41, 5.74) is 6.14. The zero-order chi connectivity index (χ0) is 15.8. The molecule has 0 aliphatic carbocycles. The van der Waals surface area contributed by atoms with Crippen LogP contribution in [0.3, 0.4) is 0 Å². The molecule has 21 heavy (non-hydrogen) atoms. The van der Waals surface area contributed by atoms with Gasteiger partial charge < -0.3 is 15.2 Å². The number of rotatable bonds is 4. The second kappa shape index (κ2) is 5.23. The van der Waals surface area contributed by atoms with Crippen molar-refractivity contribution in [2.45, 2.75) is 12.8 Å². The fourth-order valence-electron chi connectivity index (χ4n) is 2.07. The number of nitrogens with zero attached hydrogens (tertiary/aromatic N) is 2. The van der Waals surface area contributed by atoms with E-state index in [0.717, 1.165) is 6.92 Å². The van der Waals surface area contributed by atoms with Gasteiger partial charge in [0.2, 0.25) is 0 Å². The number of nitrogen functional groups attached to an aromatic ring is 1. The van der Waals surface area contributed by atoms with Gasteiger partial charge in [0.25, 0.3) is 5.92 Å². The summed E-state index contributed by atoms with van der Waals surface area (Å²) < 4.78 is 39.5. The lowest BCUT2D eigenvalue weighted by Crippen LogP contribution is -2.10. The molecule has 1 aromatic carbocycles. The molecule has 0 amide bonds. The molecule has 0 aliphatic heterocycles. The van der Waals surface area contributed by atoms with Crippen LogP contribution in [0.4, 0.5) is 14.6 Å². The van der Waals surface area contributed by atoms with Gasteiger partial charge in [0.1, 0.15) is 5.82 Å². The first-order valence-electron chi connectivity index (χ1n) is 6.22. The van der Waals surface area contributed by atoms with E-state index in [9.17, 15) is 8.78 Å². The van der Waals surface area contributed by atoms with Crippen molar-refractivity contribution in [3.8, 4) is 22.8 Å². The topological polar surface area (TPSA) is 62.3 Å². The van der Waals surface area contributed by atoms with Crippen LogP contribution in [0.5, 0.6) is 11.5 Å². The minimum absolute atomic E-state index is 0.196. The smallest absolute Gasteiger partial charge is 0.271 e. The van der Waals surface area contributed by atoms with Crippen molar-refractivity contribution in [2.75, 3.05) is 20.0 Å². The number of nitrogens with two attached hydrogens (primary N) is 1. The standard InChI is InChI=1S/C14H17F2N3O2/c1-14(15,16)9-6-12(21-4)11(20-3)5-8(9)10-7-13(17)19(2)18-10/h5-7H,17H2,1-4H3. The third kappa shape index (κ3) is 2.76. The van der Waals surface area contributed by atoms with Crippen LogP contribution < -0.4 is 15.2 Å². The number of halogens is 2. The van der Waals surface area contributed by atoms with E-state index >= 15 is 0 Å². The molecule has 0 saturated heterocycles. The van der Waals surface area contributed by atoms with E-state index in [2.05, 4.69) is 5.10 Å². The summed E-state index contributed by atoms with van der Waals surface area (Å²) in [6, 6.07) is 4.28. The second-order valence-electron chi connectivity index (χ2n) is 4.72. The van der Waals surface area contributed by atoms with Gasteiger partial charge in [0.15, 0.2) is 11.5 Å². The molecule has 7 heteroatoms. The summed E-state index contributed by atoms with van der Waals surface area (Å²) in [6.45, 7) is 0.823. The van der Waals surface area contributed by atoms with Gasteiger partial charge in [0, 0.05) is 31.2 Å². The SMILES string of the molecule is COc1cc(-c2cc(N)n(C)n2)c(C(C)(F)F)cc1OC. The van der Waals surface area contributed by atoms with Crippen molar-refractivity contribution in [1.82, 2.24) is 9.78 Å². The third-order valence-electron chi connectivity index (χ3n) is 3.19. The lowest BCUT2D eigenvalue weighted by atomic mass is 9.99. The summed E-state index contributed by atoms with van der Waals surface area (Å²) in [5, 5.41) is 4.15. The van der Waals surface area contributed by atoms with Crippen LogP contribution >= 0.6 is 0 Å². The lowest BCUT2D eigenvalue weighted by molar-refractivity contribution is 0.0178. The number of anilines is 1. The van der Waals surface area contributed by atoms with Crippen molar-refractivity contribution < 1.29 is 18.3 Å². The largest absolute Gasteiger partial charge is 0.493 e. The first-order chi connectivity index (χ1) is 9.77. The molecule has 114 valence electrons. The third-order valence-corrected chi connectivity index (χ3v) is 3.19. The summed E-state index contributed by atoms with van der Waals surface area (Å²) in [7, 11) is 4.48. The number of ether oxygens (including phenoxy) is 2. The molecule has 0 aliphatic rings. The van der Waals surface area contributed by atoms with Crippen LogP contribution in [0.2, 0.25) is 0 Å². The molecule has 1 aromatic heterocycles. The summed E-state index contributed by atoms with van der Waals surface area (Å²) in [4.78, 5) is 0. The Labute approximate surface area is 121 Å². The highest BCUT2D eigenvalue weighted by Gasteiger charge is 2.31. The highest BCUT2D eigenvalue weighted by Crippen LogP contribution is 2.42.